The fraction of sp³-hybridized carbons (Fsp3) is 0.500. The van der Waals surface area contributed by atoms with Crippen molar-refractivity contribution < 1.29 is 19.4 Å². The minimum absolute atomic E-state index is 0.390. The molecule has 4 nitrogen and oxygen atoms in total. The number of carboxylic acid groups (broad SMARTS) is 1. The minimum atomic E-state index is -0.921. The highest BCUT2D eigenvalue weighted by Crippen LogP contribution is 2.38. The van der Waals surface area contributed by atoms with Crippen LogP contribution in [0, 0.1) is 5.92 Å². The number of methoxy groups -OCH3 is 1. The van der Waals surface area contributed by atoms with E-state index in [1.165, 1.54) is 20.0 Å². The molecule has 0 radical (unpaired) electrons. The molecular weight excluding hydrogens is 268 g/mol. The SMILES string of the molecule is COc1cc(C(C)C(=O)O)c(Cl)cc1OCC1CC1. The zero-order chi connectivity index (χ0) is 14.0. The molecule has 0 spiro atoms. The van der Waals surface area contributed by atoms with Crippen LogP contribution in [0.1, 0.15) is 31.2 Å². The maximum absolute atomic E-state index is 11.0. The van der Waals surface area contributed by atoms with Gasteiger partial charge in [-0.15, -0.1) is 0 Å². The van der Waals surface area contributed by atoms with Gasteiger partial charge in [0.05, 0.1) is 19.6 Å². The van der Waals surface area contributed by atoms with E-state index in [1.54, 1.807) is 19.1 Å². The van der Waals surface area contributed by atoms with E-state index in [2.05, 4.69) is 0 Å². The van der Waals surface area contributed by atoms with Crippen LogP contribution in [0.3, 0.4) is 0 Å². The molecule has 1 aliphatic rings. The number of carboxylic acids is 1. The van der Waals surface area contributed by atoms with Crippen LogP contribution in [0.5, 0.6) is 11.5 Å². The fourth-order valence-electron chi connectivity index (χ4n) is 1.78. The van der Waals surface area contributed by atoms with Gasteiger partial charge < -0.3 is 14.6 Å². The Morgan fingerprint density at radius 3 is 2.68 bits per heavy atom. The van der Waals surface area contributed by atoms with E-state index in [-0.39, 0.29) is 0 Å². The van der Waals surface area contributed by atoms with Gasteiger partial charge in [0.1, 0.15) is 0 Å². The first kappa shape index (κ1) is 14.0. The highest BCUT2D eigenvalue weighted by molar-refractivity contribution is 6.31. The Bertz CT molecular complexity index is 483. The number of halogens is 1. The fourth-order valence-corrected chi connectivity index (χ4v) is 2.10. The Morgan fingerprint density at radius 2 is 2.16 bits per heavy atom. The van der Waals surface area contributed by atoms with Crippen molar-refractivity contribution in [2.24, 2.45) is 5.92 Å². The summed E-state index contributed by atoms with van der Waals surface area (Å²) in [5.41, 5.74) is 0.532. The van der Waals surface area contributed by atoms with E-state index in [0.29, 0.717) is 34.6 Å². The number of aliphatic carboxylic acids is 1. The van der Waals surface area contributed by atoms with Crippen LogP contribution in [0.25, 0.3) is 0 Å². The lowest BCUT2D eigenvalue weighted by Crippen LogP contribution is -2.09. The largest absolute Gasteiger partial charge is 0.493 e. The van der Waals surface area contributed by atoms with Crippen molar-refractivity contribution >= 4 is 17.6 Å². The Morgan fingerprint density at radius 1 is 1.47 bits per heavy atom. The van der Waals surface area contributed by atoms with Crippen LogP contribution in [0.4, 0.5) is 0 Å². The standard InChI is InChI=1S/C14H17ClO4/c1-8(14(16)17)10-5-12(18-2)13(6-11(10)15)19-7-9-3-4-9/h5-6,8-9H,3-4,7H2,1-2H3,(H,16,17). The third-order valence-electron chi connectivity index (χ3n) is 3.29. The smallest absolute Gasteiger partial charge is 0.310 e. The van der Waals surface area contributed by atoms with Crippen molar-refractivity contribution in [2.45, 2.75) is 25.7 Å². The summed E-state index contributed by atoms with van der Waals surface area (Å²) in [5.74, 6) is 0.115. The monoisotopic (exact) mass is 284 g/mol. The minimum Gasteiger partial charge on any atom is -0.493 e. The molecule has 1 atom stereocenters. The van der Waals surface area contributed by atoms with Gasteiger partial charge in [0.25, 0.3) is 0 Å². The third-order valence-corrected chi connectivity index (χ3v) is 3.62. The lowest BCUT2D eigenvalue weighted by Gasteiger charge is -2.15. The average molecular weight is 285 g/mol. The van der Waals surface area contributed by atoms with Gasteiger partial charge in [0, 0.05) is 11.1 Å². The molecular formula is C14H17ClO4. The van der Waals surface area contributed by atoms with Crippen molar-refractivity contribution in [3.8, 4) is 11.5 Å². The molecule has 1 aromatic rings. The van der Waals surface area contributed by atoms with Crippen molar-refractivity contribution in [1.82, 2.24) is 0 Å². The summed E-state index contributed by atoms with van der Waals surface area (Å²) in [6.07, 6.45) is 2.40. The molecule has 0 amide bonds. The van der Waals surface area contributed by atoms with E-state index in [1.807, 2.05) is 0 Å². The van der Waals surface area contributed by atoms with Crippen LogP contribution >= 0.6 is 11.6 Å². The van der Waals surface area contributed by atoms with E-state index < -0.39 is 11.9 Å². The average Bonchev–Trinajstić information content (AvgIpc) is 3.19. The molecule has 0 saturated heterocycles. The number of hydrogen-bond acceptors (Lipinski definition) is 3. The molecule has 19 heavy (non-hydrogen) atoms. The van der Waals surface area contributed by atoms with Gasteiger partial charge in [-0.05, 0) is 37.3 Å². The molecule has 1 aliphatic carbocycles. The quantitative estimate of drug-likeness (QED) is 0.870. The second-order valence-electron chi connectivity index (χ2n) is 4.84. The van der Waals surface area contributed by atoms with Gasteiger partial charge in [-0.25, -0.2) is 0 Å². The molecule has 0 aliphatic heterocycles. The molecule has 1 N–H and O–H groups in total. The van der Waals surface area contributed by atoms with Crippen molar-refractivity contribution in [3.05, 3.63) is 22.7 Å². The van der Waals surface area contributed by atoms with Gasteiger partial charge >= 0.3 is 5.97 Å². The number of carbonyl (C=O) groups is 1. The number of benzene rings is 1. The molecule has 1 unspecified atom stereocenters. The van der Waals surface area contributed by atoms with Gasteiger partial charge in [-0.1, -0.05) is 11.6 Å². The van der Waals surface area contributed by atoms with Crippen LogP contribution in [-0.4, -0.2) is 24.8 Å². The van der Waals surface area contributed by atoms with E-state index in [4.69, 9.17) is 26.2 Å². The lowest BCUT2D eigenvalue weighted by atomic mass is 10.0. The first-order valence-corrected chi connectivity index (χ1v) is 6.63. The maximum Gasteiger partial charge on any atom is 0.310 e. The highest BCUT2D eigenvalue weighted by Gasteiger charge is 2.24. The Hall–Kier alpha value is -1.42. The molecule has 5 heteroatoms. The highest BCUT2D eigenvalue weighted by atomic mass is 35.5. The van der Waals surface area contributed by atoms with E-state index in [9.17, 15) is 4.79 Å². The predicted molar refractivity (Wildman–Crippen MR) is 72.3 cm³/mol. The Kier molecular flexibility index (Phi) is 4.20. The second kappa shape index (κ2) is 5.70. The Labute approximate surface area is 117 Å². The molecule has 1 saturated carbocycles. The lowest BCUT2D eigenvalue weighted by molar-refractivity contribution is -0.138. The number of rotatable bonds is 6. The number of hydrogen-bond donors (Lipinski definition) is 1. The summed E-state index contributed by atoms with van der Waals surface area (Å²) in [4.78, 5) is 11.0. The van der Waals surface area contributed by atoms with Gasteiger partial charge in [-0.3, -0.25) is 4.79 Å². The van der Waals surface area contributed by atoms with E-state index in [0.717, 1.165) is 0 Å². The summed E-state index contributed by atoms with van der Waals surface area (Å²) in [6, 6.07) is 3.28. The van der Waals surface area contributed by atoms with Gasteiger partial charge in [-0.2, -0.15) is 0 Å². The zero-order valence-electron chi connectivity index (χ0n) is 11.0. The van der Waals surface area contributed by atoms with Crippen LogP contribution in [-0.2, 0) is 4.79 Å². The molecule has 0 bridgehead atoms. The predicted octanol–water partition coefficient (Wildman–Crippen LogP) is 3.33. The normalized spacial score (nSPS) is 15.9. The first-order chi connectivity index (χ1) is 9.02. The second-order valence-corrected chi connectivity index (χ2v) is 5.25. The molecule has 0 aromatic heterocycles. The topological polar surface area (TPSA) is 55.8 Å². The molecule has 1 aromatic carbocycles. The summed E-state index contributed by atoms with van der Waals surface area (Å²) in [5, 5.41) is 9.44. The maximum atomic E-state index is 11.0. The zero-order valence-corrected chi connectivity index (χ0v) is 11.7. The van der Waals surface area contributed by atoms with E-state index >= 15 is 0 Å². The molecule has 104 valence electrons. The van der Waals surface area contributed by atoms with Gasteiger partial charge in [0.2, 0.25) is 0 Å². The summed E-state index contributed by atoms with van der Waals surface area (Å²) in [6.45, 7) is 2.24. The van der Waals surface area contributed by atoms with Crippen LogP contribution < -0.4 is 9.47 Å². The van der Waals surface area contributed by atoms with Crippen molar-refractivity contribution in [2.75, 3.05) is 13.7 Å². The molecule has 1 fully saturated rings. The molecule has 2 rings (SSSR count). The summed E-state index contributed by atoms with van der Waals surface area (Å²) < 4.78 is 10.9. The van der Waals surface area contributed by atoms with Crippen LogP contribution in [0.15, 0.2) is 12.1 Å². The Balaban J connectivity index is 2.24. The first-order valence-electron chi connectivity index (χ1n) is 6.26. The summed E-state index contributed by atoms with van der Waals surface area (Å²) >= 11 is 6.13. The van der Waals surface area contributed by atoms with Crippen molar-refractivity contribution in [3.63, 3.8) is 0 Å². The number of ether oxygens (including phenoxy) is 2. The molecule has 0 heterocycles. The third kappa shape index (κ3) is 3.32. The van der Waals surface area contributed by atoms with Gasteiger partial charge in [0.15, 0.2) is 11.5 Å². The van der Waals surface area contributed by atoms with Crippen LogP contribution in [0.2, 0.25) is 5.02 Å². The summed E-state index contributed by atoms with van der Waals surface area (Å²) in [7, 11) is 1.53. The van der Waals surface area contributed by atoms with Crippen molar-refractivity contribution in [1.29, 1.82) is 0 Å².